The first-order valence-corrected chi connectivity index (χ1v) is 7.55. The highest BCUT2D eigenvalue weighted by Gasteiger charge is 2.13. The van der Waals surface area contributed by atoms with Crippen LogP contribution in [-0.4, -0.2) is 17.0 Å². The van der Waals surface area contributed by atoms with E-state index in [9.17, 15) is 0 Å². The zero-order valence-corrected chi connectivity index (χ0v) is 13.6. The van der Waals surface area contributed by atoms with E-state index in [1.165, 1.54) is 0 Å². The fourth-order valence-corrected chi connectivity index (χ4v) is 2.89. The molecule has 3 aromatic rings. The molecule has 0 aliphatic carbocycles. The maximum Gasteiger partial charge on any atom is 0.153 e. The van der Waals surface area contributed by atoms with Crippen molar-refractivity contribution < 1.29 is 0 Å². The summed E-state index contributed by atoms with van der Waals surface area (Å²) in [5, 5.41) is 3.77. The van der Waals surface area contributed by atoms with Crippen LogP contribution in [0.1, 0.15) is 0 Å². The van der Waals surface area contributed by atoms with Gasteiger partial charge in [-0.25, -0.2) is 9.97 Å². The van der Waals surface area contributed by atoms with Crippen LogP contribution < -0.4 is 5.32 Å². The van der Waals surface area contributed by atoms with Gasteiger partial charge in [0.2, 0.25) is 0 Å². The molecule has 0 spiro atoms. The summed E-state index contributed by atoms with van der Waals surface area (Å²) in [6, 6.07) is 13.6. The number of para-hydroxylation sites is 1. The summed E-state index contributed by atoms with van der Waals surface area (Å²) < 4.78 is 1.08. The highest BCUT2D eigenvalue weighted by Crippen LogP contribution is 2.32. The zero-order valence-electron chi connectivity index (χ0n) is 10.7. The molecule has 0 aliphatic rings. The van der Waals surface area contributed by atoms with E-state index in [1.807, 2.05) is 49.5 Å². The van der Waals surface area contributed by atoms with Crippen LogP contribution in [0, 0.1) is 3.57 Å². The van der Waals surface area contributed by atoms with Gasteiger partial charge in [0.1, 0.15) is 11.2 Å². The molecule has 0 saturated heterocycles. The van der Waals surface area contributed by atoms with E-state index in [2.05, 4.69) is 32.9 Å². The molecule has 1 N–H and O–H groups in total. The number of fused-ring (bicyclic) bond motifs is 1. The summed E-state index contributed by atoms with van der Waals surface area (Å²) in [5.41, 5.74) is 3.42. The van der Waals surface area contributed by atoms with E-state index in [0.29, 0.717) is 5.02 Å². The lowest BCUT2D eigenvalue weighted by Gasteiger charge is -2.11. The number of nitrogens with one attached hydrogen (secondary N) is 1. The monoisotopic (exact) mass is 395 g/mol. The van der Waals surface area contributed by atoms with Crippen LogP contribution in [-0.2, 0) is 0 Å². The van der Waals surface area contributed by atoms with E-state index in [1.54, 1.807) is 0 Å². The Morgan fingerprint density at radius 1 is 1.05 bits per heavy atom. The number of benzene rings is 2. The lowest BCUT2D eigenvalue weighted by atomic mass is 10.1. The van der Waals surface area contributed by atoms with Gasteiger partial charge in [-0.15, -0.1) is 0 Å². The van der Waals surface area contributed by atoms with Crippen molar-refractivity contribution in [3.8, 4) is 11.3 Å². The third kappa shape index (κ3) is 2.33. The Kier molecular flexibility index (Phi) is 3.76. The van der Waals surface area contributed by atoms with Gasteiger partial charge < -0.3 is 5.32 Å². The number of halogens is 2. The van der Waals surface area contributed by atoms with Gasteiger partial charge in [-0.05, 0) is 40.8 Å². The van der Waals surface area contributed by atoms with E-state index in [0.717, 1.165) is 31.7 Å². The van der Waals surface area contributed by atoms with Crippen LogP contribution in [0.15, 0.2) is 42.5 Å². The highest BCUT2D eigenvalue weighted by atomic mass is 127. The standard InChI is InChI=1S/C15H11ClIN3/c1-18-15-13(9-5-2-3-6-10(9)16)19-12-8-4-7-11(17)14(12)20-15/h2-8H,1H3,(H,18,20). The first-order chi connectivity index (χ1) is 9.70. The van der Waals surface area contributed by atoms with Crippen molar-refractivity contribution in [1.29, 1.82) is 0 Å². The Morgan fingerprint density at radius 2 is 1.85 bits per heavy atom. The quantitative estimate of drug-likeness (QED) is 0.645. The summed E-state index contributed by atoms with van der Waals surface area (Å²) >= 11 is 8.54. The Labute approximate surface area is 135 Å². The molecule has 5 heteroatoms. The minimum Gasteiger partial charge on any atom is -0.371 e. The minimum absolute atomic E-state index is 0.670. The molecule has 1 heterocycles. The summed E-state index contributed by atoms with van der Waals surface area (Å²) in [5.74, 6) is 0.731. The largest absolute Gasteiger partial charge is 0.371 e. The molecular weight excluding hydrogens is 385 g/mol. The second kappa shape index (κ2) is 5.54. The fraction of sp³-hybridized carbons (Fsp3) is 0.0667. The van der Waals surface area contributed by atoms with Gasteiger partial charge in [-0.3, -0.25) is 0 Å². The molecule has 3 nitrogen and oxygen atoms in total. The van der Waals surface area contributed by atoms with Gasteiger partial charge in [-0.1, -0.05) is 35.9 Å². The Hall–Kier alpha value is -1.40. The van der Waals surface area contributed by atoms with Crippen molar-refractivity contribution in [2.24, 2.45) is 0 Å². The molecule has 0 atom stereocenters. The van der Waals surface area contributed by atoms with Crippen LogP contribution in [0.4, 0.5) is 5.82 Å². The van der Waals surface area contributed by atoms with Crippen molar-refractivity contribution >= 4 is 51.0 Å². The van der Waals surface area contributed by atoms with Crippen molar-refractivity contribution in [3.05, 3.63) is 51.1 Å². The first-order valence-electron chi connectivity index (χ1n) is 6.09. The van der Waals surface area contributed by atoms with Crippen molar-refractivity contribution in [3.63, 3.8) is 0 Å². The fourth-order valence-electron chi connectivity index (χ4n) is 2.06. The maximum absolute atomic E-state index is 6.27. The summed E-state index contributed by atoms with van der Waals surface area (Å²) in [6.07, 6.45) is 0. The van der Waals surface area contributed by atoms with E-state index < -0.39 is 0 Å². The average Bonchev–Trinajstić information content (AvgIpc) is 2.47. The second-order valence-electron chi connectivity index (χ2n) is 4.26. The average molecular weight is 396 g/mol. The predicted octanol–water partition coefficient (Wildman–Crippen LogP) is 4.60. The minimum atomic E-state index is 0.670. The van der Waals surface area contributed by atoms with Gasteiger partial charge in [0.25, 0.3) is 0 Å². The van der Waals surface area contributed by atoms with Gasteiger partial charge in [0.15, 0.2) is 5.82 Å². The van der Waals surface area contributed by atoms with Crippen molar-refractivity contribution in [2.75, 3.05) is 12.4 Å². The summed E-state index contributed by atoms with van der Waals surface area (Å²) in [4.78, 5) is 9.39. The molecule has 20 heavy (non-hydrogen) atoms. The van der Waals surface area contributed by atoms with Crippen LogP contribution in [0.3, 0.4) is 0 Å². The first kappa shape index (κ1) is 13.6. The Bertz CT molecular complexity index is 789. The number of hydrogen-bond acceptors (Lipinski definition) is 3. The third-order valence-corrected chi connectivity index (χ3v) is 4.21. The van der Waals surface area contributed by atoms with Crippen molar-refractivity contribution in [1.82, 2.24) is 9.97 Å². The molecule has 0 radical (unpaired) electrons. The van der Waals surface area contributed by atoms with Crippen LogP contribution >= 0.6 is 34.2 Å². The zero-order chi connectivity index (χ0) is 14.1. The number of anilines is 1. The van der Waals surface area contributed by atoms with Gasteiger partial charge in [0.05, 0.1) is 10.5 Å². The molecule has 0 bridgehead atoms. The van der Waals surface area contributed by atoms with E-state index in [-0.39, 0.29) is 0 Å². The molecule has 3 rings (SSSR count). The topological polar surface area (TPSA) is 37.8 Å². The molecular formula is C15H11ClIN3. The van der Waals surface area contributed by atoms with Crippen molar-refractivity contribution in [2.45, 2.75) is 0 Å². The SMILES string of the molecule is CNc1nc2c(I)cccc2nc1-c1ccccc1Cl. The normalized spacial score (nSPS) is 10.8. The van der Waals surface area contributed by atoms with Gasteiger partial charge in [0, 0.05) is 16.2 Å². The van der Waals surface area contributed by atoms with E-state index >= 15 is 0 Å². The van der Waals surface area contributed by atoms with Gasteiger partial charge in [-0.2, -0.15) is 0 Å². The molecule has 0 amide bonds. The Morgan fingerprint density at radius 3 is 2.60 bits per heavy atom. The number of aromatic nitrogens is 2. The smallest absolute Gasteiger partial charge is 0.153 e. The number of rotatable bonds is 2. The molecule has 0 aliphatic heterocycles. The maximum atomic E-state index is 6.27. The Balaban J connectivity index is 2.33. The highest BCUT2D eigenvalue weighted by molar-refractivity contribution is 14.1. The van der Waals surface area contributed by atoms with Crippen LogP contribution in [0.2, 0.25) is 5.02 Å². The number of hydrogen-bond donors (Lipinski definition) is 1. The van der Waals surface area contributed by atoms with Crippen LogP contribution in [0.25, 0.3) is 22.3 Å². The number of nitrogens with zero attached hydrogens (tertiary/aromatic N) is 2. The lowest BCUT2D eigenvalue weighted by Crippen LogP contribution is -2.00. The van der Waals surface area contributed by atoms with Gasteiger partial charge >= 0.3 is 0 Å². The molecule has 100 valence electrons. The third-order valence-electron chi connectivity index (χ3n) is 3.01. The van der Waals surface area contributed by atoms with Crippen LogP contribution in [0.5, 0.6) is 0 Å². The summed E-state index contributed by atoms with van der Waals surface area (Å²) in [7, 11) is 1.84. The molecule has 0 unspecified atom stereocenters. The van der Waals surface area contributed by atoms with E-state index in [4.69, 9.17) is 16.6 Å². The summed E-state index contributed by atoms with van der Waals surface area (Å²) in [6.45, 7) is 0. The molecule has 0 fully saturated rings. The molecule has 1 aromatic heterocycles. The second-order valence-corrected chi connectivity index (χ2v) is 5.83. The lowest BCUT2D eigenvalue weighted by molar-refractivity contribution is 1.26. The predicted molar refractivity (Wildman–Crippen MR) is 92.2 cm³/mol. The molecule has 2 aromatic carbocycles. The molecule has 0 saturated carbocycles.